The number of thioether (sulfide) groups is 4. The third-order valence-electron chi connectivity index (χ3n) is 18.4. The van der Waals surface area contributed by atoms with Crippen LogP contribution in [0.25, 0.3) is 60.8 Å². The zero-order valence-corrected chi connectivity index (χ0v) is 76.6. The van der Waals surface area contributed by atoms with Crippen LogP contribution < -0.4 is 24.6 Å². The molecule has 1 heterocycles. The molecule has 0 saturated heterocycles. The van der Waals surface area contributed by atoms with Gasteiger partial charge in [0, 0.05) is 54.9 Å². The number of nitrogens with one attached hydrogen (secondary N) is 2. The van der Waals surface area contributed by atoms with Gasteiger partial charge in [0.25, 0.3) is 11.8 Å². The number of thiol groups is 1. The molecule has 1 aliphatic heterocycles. The summed E-state index contributed by atoms with van der Waals surface area (Å²) >= 11 is 12.6. The minimum atomic E-state index is -0.293. The van der Waals surface area contributed by atoms with Crippen LogP contribution in [0.1, 0.15) is 142 Å². The van der Waals surface area contributed by atoms with Crippen LogP contribution in [0.4, 0.5) is 0 Å². The van der Waals surface area contributed by atoms with Gasteiger partial charge in [-0.05, 0) is 276 Å². The second-order valence-electron chi connectivity index (χ2n) is 27.0. The summed E-state index contributed by atoms with van der Waals surface area (Å²) in [6.07, 6.45) is 21.6. The van der Waals surface area contributed by atoms with Crippen molar-refractivity contribution in [2.24, 2.45) is 5.73 Å². The summed E-state index contributed by atoms with van der Waals surface area (Å²) < 4.78 is 10.1. The zero-order valence-electron chi connectivity index (χ0n) is 71.3. The van der Waals surface area contributed by atoms with Gasteiger partial charge in [0.15, 0.2) is 17.4 Å². The largest absolute Gasteiger partial charge is 1.00 e. The SMILES string of the molecule is C.COC(=O)CS.COC(=O)CSc1cccc(/C=C/c2c(C)cccc2C)c1.Cc1cccc(C)c1/C=C/c1cccc(I)c1.Cc1cccc(C)c1/C=C/c1cccc(SCCN)c1.Cc1cccc(C)c1/C=C/c1cccc(SCCN2C(=O)c3ccccc3C2=O)c1.Cc1cccc(C)c1/C=C/c1cccc(SCCO)c1.N=N.O.[AlH3].[H-].[HH].[Li+]. The molecule has 121 heavy (non-hydrogen) atoms. The van der Waals surface area contributed by atoms with Crippen molar-refractivity contribution in [3.8, 4) is 0 Å². The molecular weight excluding hydrogens is 1720 g/mol. The average Bonchev–Trinajstić information content (AvgIpc) is 1.64. The fourth-order valence-electron chi connectivity index (χ4n) is 12.1. The molecular formula is C101H119AlILiN4O8S5. The third-order valence-corrected chi connectivity index (χ3v) is 23.2. The van der Waals surface area contributed by atoms with E-state index >= 15 is 0 Å². The van der Waals surface area contributed by atoms with Crippen LogP contribution in [0.15, 0.2) is 256 Å². The van der Waals surface area contributed by atoms with Gasteiger partial charge in [0.05, 0.1) is 43.5 Å². The first-order valence-corrected chi connectivity index (χ1v) is 43.8. The molecule has 20 heteroatoms. The number of methoxy groups -OCH3 is 2. The number of aliphatic hydroxyl groups is 1. The standard InChI is InChI=1S/C26H23NO2S.C19H20O2S.C18H21NS.C18H20OS.C16H15I.C3H6O2S.CH4.Al.Li.H2N2.H2O.H2.4H/c1-18-7-5-8-19(2)22(18)14-13-20-9-6-10-21(17-20)30-16-15-27-25(28)23-11-3-4-12-24(23)26(27)29;1-14-6-4-7-15(2)18(14)11-10-16-8-5-9-17(12-16)22-13-19(20)21-3;2*1-14-5-3-6-15(2)18(14)10-9-16-7-4-8-17(13-16)20-12-11-19;1-12-5-3-6-13(2)16(12)10-9-14-7-4-8-15(17)11-14;1-5-3(4)2-6;;;;1-2;;;;;;/h3-14,17H,15-16H2,1-2H3;4-12H,13H2,1-3H3;3-10,13H,11-12,19H2,1-2H3;3-10,13,19H,11-12H2,1-2H3;3-11H,1-2H3;6H,2H2,1H3;1H4;;;1-2H;1H2;1H;;;;/q;;;;;;;;+1;;;;;;;-1/b14-13+;11-10+;3*10-9+;;;;;;;;;;;. The molecule has 2 amide bonds. The Morgan fingerprint density at radius 1 is 0.421 bits per heavy atom. The van der Waals surface area contributed by atoms with Crippen LogP contribution in [-0.2, 0) is 19.1 Å². The number of imide groups is 1. The first-order chi connectivity index (χ1) is 56.5. The van der Waals surface area contributed by atoms with Crippen LogP contribution in [0, 0.1) is 83.9 Å². The molecule has 12 rings (SSSR count). The van der Waals surface area contributed by atoms with Gasteiger partial charge in [-0.3, -0.25) is 24.1 Å². The monoisotopic (exact) mass is 1840 g/mol. The molecule has 0 aromatic heterocycles. The van der Waals surface area contributed by atoms with E-state index in [1.165, 1.54) is 144 Å². The van der Waals surface area contributed by atoms with E-state index in [1.807, 2.05) is 18.2 Å². The quantitative estimate of drug-likeness (QED) is 0.00558. The first kappa shape index (κ1) is 108. The van der Waals surface area contributed by atoms with Crippen LogP contribution in [0.5, 0.6) is 0 Å². The van der Waals surface area contributed by atoms with E-state index in [0.717, 1.165) is 32.4 Å². The molecule has 0 atom stereocenters. The number of benzene rings is 11. The smallest absolute Gasteiger partial charge is 1.00 e. The Bertz CT molecular complexity index is 5010. The maximum Gasteiger partial charge on any atom is 1.00 e. The molecule has 7 N–H and O–H groups in total. The predicted octanol–water partition coefficient (Wildman–Crippen LogP) is 21.4. The van der Waals surface area contributed by atoms with Gasteiger partial charge >= 0.3 is 30.8 Å². The predicted molar refractivity (Wildman–Crippen MR) is 537 cm³/mol. The van der Waals surface area contributed by atoms with Crippen molar-refractivity contribution in [1.82, 2.24) is 4.90 Å². The molecule has 0 bridgehead atoms. The Balaban J connectivity index is 0.00000148. The van der Waals surface area contributed by atoms with E-state index < -0.39 is 0 Å². The number of rotatable bonds is 24. The summed E-state index contributed by atoms with van der Waals surface area (Å²) in [6, 6.07) is 80.8. The molecule has 0 fully saturated rings. The number of carbonyl (C=O) groups excluding carboxylic acids is 4. The van der Waals surface area contributed by atoms with E-state index in [1.54, 1.807) is 59.6 Å². The average molecular weight is 1840 g/mol. The number of esters is 2. The minimum Gasteiger partial charge on any atom is -1.00 e. The Morgan fingerprint density at radius 3 is 0.950 bits per heavy atom. The van der Waals surface area contributed by atoms with Gasteiger partial charge in [-0.15, -0.1) is 47.0 Å². The van der Waals surface area contributed by atoms with E-state index in [9.17, 15) is 19.2 Å². The van der Waals surface area contributed by atoms with Crippen LogP contribution in [0.3, 0.4) is 0 Å². The number of nitrogens with zero attached hydrogens (tertiary/aromatic N) is 1. The fraction of sp³-hybridized carbons (Fsp3) is 0.208. The molecule has 0 unspecified atom stereocenters. The van der Waals surface area contributed by atoms with Gasteiger partial charge < -0.3 is 27.2 Å². The Kier molecular flexibility index (Phi) is 53.7. The number of aryl methyl sites for hydroxylation is 10. The Hall–Kier alpha value is -8.71. The normalized spacial score (nSPS) is 10.9. The Labute approximate surface area is 781 Å². The molecule has 0 radical (unpaired) electrons. The first-order valence-electron chi connectivity index (χ1n) is 38.2. The number of carbonyl (C=O) groups is 4. The van der Waals surface area contributed by atoms with Crippen molar-refractivity contribution in [3.05, 3.63) is 363 Å². The summed E-state index contributed by atoms with van der Waals surface area (Å²) in [7, 11) is 2.74. The number of hydrogen-bond acceptors (Lipinski definition) is 15. The van der Waals surface area contributed by atoms with Gasteiger partial charge in [-0.2, -0.15) is 12.6 Å². The van der Waals surface area contributed by atoms with E-state index in [2.05, 4.69) is 369 Å². The second-order valence-corrected chi connectivity index (χ2v) is 33.1. The summed E-state index contributed by atoms with van der Waals surface area (Å²) in [5.74, 6) is 1.98. The van der Waals surface area contributed by atoms with Crippen LogP contribution >= 0.6 is 82.3 Å². The van der Waals surface area contributed by atoms with Gasteiger partial charge in [0.1, 0.15) is 0 Å². The molecule has 0 spiro atoms. The molecule has 0 aliphatic carbocycles. The number of ether oxygens (including phenoxy) is 2. The molecule has 12 nitrogen and oxygen atoms in total. The van der Waals surface area contributed by atoms with Gasteiger partial charge in [0.2, 0.25) is 0 Å². The number of aliphatic hydroxyl groups excluding tert-OH is 1. The maximum atomic E-state index is 12.5. The van der Waals surface area contributed by atoms with E-state index in [0.29, 0.717) is 35.7 Å². The van der Waals surface area contributed by atoms with Crippen molar-refractivity contribution in [2.45, 2.75) is 96.2 Å². The Morgan fingerprint density at radius 2 is 0.686 bits per heavy atom. The zero-order chi connectivity index (χ0) is 85.0. The number of hydrogen-bond donors (Lipinski definition) is 5. The van der Waals surface area contributed by atoms with Crippen LogP contribution in [0.2, 0.25) is 0 Å². The van der Waals surface area contributed by atoms with Crippen molar-refractivity contribution >= 4 is 184 Å². The van der Waals surface area contributed by atoms with Gasteiger partial charge in [-0.25, -0.2) is 11.1 Å². The summed E-state index contributed by atoms with van der Waals surface area (Å²) in [4.78, 5) is 52.0. The van der Waals surface area contributed by atoms with Crippen molar-refractivity contribution in [3.63, 3.8) is 0 Å². The van der Waals surface area contributed by atoms with E-state index in [4.69, 9.17) is 21.9 Å². The topological polar surface area (TPSA) is 215 Å². The second kappa shape index (κ2) is 59.9. The fourth-order valence-corrected chi connectivity index (χ4v) is 16.0. The molecule has 1 aliphatic rings. The summed E-state index contributed by atoms with van der Waals surface area (Å²) in [6.45, 7) is 22.7. The summed E-state index contributed by atoms with van der Waals surface area (Å²) in [5, 5.41) is 8.88. The molecule has 632 valence electrons. The number of nitrogens with two attached hydrogens (primary N) is 1. The maximum absolute atomic E-state index is 12.5. The van der Waals surface area contributed by atoms with Crippen molar-refractivity contribution in [2.75, 3.05) is 62.7 Å². The molecule has 11 aromatic carbocycles. The number of halogens is 1. The minimum absolute atomic E-state index is 0. The van der Waals surface area contributed by atoms with Crippen LogP contribution in [-0.4, -0.2) is 119 Å². The van der Waals surface area contributed by atoms with Crippen molar-refractivity contribution in [1.29, 1.82) is 11.1 Å². The summed E-state index contributed by atoms with van der Waals surface area (Å²) in [5.41, 5.74) is 41.9. The van der Waals surface area contributed by atoms with Crippen molar-refractivity contribution < 1.29 is 60.9 Å². The molecule has 11 aromatic rings. The number of amides is 2. The van der Waals surface area contributed by atoms with E-state index in [-0.39, 0.29) is 88.1 Å². The van der Waals surface area contributed by atoms with Gasteiger partial charge in [-0.1, -0.05) is 232 Å². The number of fused-ring (bicyclic) bond motifs is 1. The molecule has 0 saturated carbocycles. The third kappa shape index (κ3) is 37.5.